The maximum absolute atomic E-state index is 13.6. The minimum absolute atomic E-state index is 0.155. The first-order valence-electron chi connectivity index (χ1n) is 11.3. The summed E-state index contributed by atoms with van der Waals surface area (Å²) in [5.74, 6) is 0.465. The zero-order chi connectivity index (χ0) is 25.8. The number of anilines is 1. The van der Waals surface area contributed by atoms with E-state index >= 15 is 0 Å². The topological polar surface area (TPSA) is 41.9 Å². The zero-order valence-electron chi connectivity index (χ0n) is 19.3. The number of rotatable bonds is 6. The third-order valence-corrected chi connectivity index (χ3v) is 7.51. The van der Waals surface area contributed by atoms with Gasteiger partial charge >= 0.3 is 0 Å². The Balaban J connectivity index is 1.49. The fourth-order valence-electron chi connectivity index (χ4n) is 3.67. The van der Waals surface area contributed by atoms with Crippen molar-refractivity contribution in [2.24, 2.45) is 4.99 Å². The second-order valence-electron chi connectivity index (χ2n) is 8.02. The van der Waals surface area contributed by atoms with Gasteiger partial charge in [-0.2, -0.15) is 0 Å². The summed E-state index contributed by atoms with van der Waals surface area (Å²) in [6, 6.07) is 30.1. The van der Waals surface area contributed by atoms with Gasteiger partial charge in [-0.15, -0.1) is 0 Å². The molecule has 8 heteroatoms. The Hall–Kier alpha value is -3.03. The number of ether oxygens (including phenoxy) is 1. The molecule has 0 spiro atoms. The smallest absolute Gasteiger partial charge is 0.271 e. The fourth-order valence-corrected chi connectivity index (χ4v) is 5.50. The van der Waals surface area contributed by atoms with E-state index in [1.54, 1.807) is 17.0 Å². The van der Waals surface area contributed by atoms with E-state index in [-0.39, 0.29) is 12.5 Å². The number of amidine groups is 1. The molecule has 0 N–H and O–H groups in total. The van der Waals surface area contributed by atoms with Crippen molar-refractivity contribution in [1.29, 1.82) is 0 Å². The van der Waals surface area contributed by atoms with Gasteiger partial charge in [-0.25, -0.2) is 4.99 Å². The summed E-state index contributed by atoms with van der Waals surface area (Å²) in [7, 11) is 0. The summed E-state index contributed by atoms with van der Waals surface area (Å²) in [5.41, 5.74) is 3.09. The largest absolute Gasteiger partial charge is 0.488 e. The molecule has 4 nitrogen and oxygen atoms in total. The van der Waals surface area contributed by atoms with Gasteiger partial charge in [-0.1, -0.05) is 81.6 Å². The highest BCUT2D eigenvalue weighted by molar-refractivity contribution is 9.10. The van der Waals surface area contributed by atoms with Crippen LogP contribution in [0.15, 0.2) is 111 Å². The summed E-state index contributed by atoms with van der Waals surface area (Å²) in [5, 5.41) is 1.68. The molecule has 0 atom stereocenters. The van der Waals surface area contributed by atoms with Crippen molar-refractivity contribution in [3.05, 3.63) is 128 Å². The van der Waals surface area contributed by atoms with Crippen LogP contribution >= 0.6 is 50.9 Å². The molecule has 1 saturated heterocycles. The average molecular weight is 610 g/mol. The van der Waals surface area contributed by atoms with Crippen LogP contribution in [0.25, 0.3) is 6.08 Å². The van der Waals surface area contributed by atoms with E-state index in [9.17, 15) is 4.79 Å². The van der Waals surface area contributed by atoms with E-state index in [0.29, 0.717) is 25.9 Å². The number of benzene rings is 4. The number of para-hydroxylation sites is 2. The van der Waals surface area contributed by atoms with E-state index < -0.39 is 0 Å². The predicted octanol–water partition coefficient (Wildman–Crippen LogP) is 9.14. The van der Waals surface area contributed by atoms with Gasteiger partial charge < -0.3 is 4.74 Å². The number of thioether (sulfide) groups is 1. The van der Waals surface area contributed by atoms with Gasteiger partial charge in [-0.05, 0) is 72.4 Å². The van der Waals surface area contributed by atoms with E-state index in [4.69, 9.17) is 32.9 Å². The van der Waals surface area contributed by atoms with Crippen LogP contribution in [-0.4, -0.2) is 11.1 Å². The Morgan fingerprint density at radius 2 is 1.65 bits per heavy atom. The number of carbonyl (C=O) groups is 1. The minimum Gasteiger partial charge on any atom is -0.488 e. The maximum Gasteiger partial charge on any atom is 0.271 e. The van der Waals surface area contributed by atoms with Crippen LogP contribution in [0.5, 0.6) is 5.75 Å². The van der Waals surface area contributed by atoms with Gasteiger partial charge in [0.15, 0.2) is 5.17 Å². The van der Waals surface area contributed by atoms with Crippen LogP contribution < -0.4 is 9.64 Å². The molecule has 184 valence electrons. The number of amides is 1. The van der Waals surface area contributed by atoms with E-state index in [1.807, 2.05) is 91.0 Å². The molecule has 0 aromatic heterocycles. The molecule has 0 aliphatic carbocycles. The Morgan fingerprint density at radius 3 is 2.38 bits per heavy atom. The number of hydrogen-bond acceptors (Lipinski definition) is 4. The Labute approximate surface area is 237 Å². The number of aliphatic imine (C=N–C) groups is 1. The first kappa shape index (κ1) is 25.6. The van der Waals surface area contributed by atoms with Crippen LogP contribution in [0.1, 0.15) is 11.1 Å². The highest BCUT2D eigenvalue weighted by Crippen LogP contribution is 2.39. The van der Waals surface area contributed by atoms with Gasteiger partial charge in [-0.3, -0.25) is 9.69 Å². The second-order valence-corrected chi connectivity index (χ2v) is 10.8. The summed E-state index contributed by atoms with van der Waals surface area (Å²) < 4.78 is 6.99. The molecule has 0 unspecified atom stereocenters. The highest BCUT2D eigenvalue weighted by atomic mass is 79.9. The molecule has 37 heavy (non-hydrogen) atoms. The molecular formula is C29H19BrCl2N2O2S. The van der Waals surface area contributed by atoms with Crippen molar-refractivity contribution in [3.8, 4) is 5.75 Å². The molecule has 4 aromatic carbocycles. The summed E-state index contributed by atoms with van der Waals surface area (Å²) in [6.07, 6.45) is 1.83. The molecule has 0 bridgehead atoms. The molecule has 1 amide bonds. The number of halogens is 3. The lowest BCUT2D eigenvalue weighted by Crippen LogP contribution is -2.28. The van der Waals surface area contributed by atoms with Crippen molar-refractivity contribution in [1.82, 2.24) is 0 Å². The lowest BCUT2D eigenvalue weighted by Gasteiger charge is -2.15. The monoisotopic (exact) mass is 608 g/mol. The highest BCUT2D eigenvalue weighted by Gasteiger charge is 2.35. The lowest BCUT2D eigenvalue weighted by atomic mass is 10.1. The quantitative estimate of drug-likeness (QED) is 0.205. The van der Waals surface area contributed by atoms with Crippen LogP contribution in [0.4, 0.5) is 11.4 Å². The molecule has 0 saturated carbocycles. The third-order valence-electron chi connectivity index (χ3n) is 5.46. The molecule has 1 fully saturated rings. The number of hydrogen-bond donors (Lipinski definition) is 0. The molecule has 1 aliphatic heterocycles. The Kier molecular flexibility index (Phi) is 8.01. The molecule has 1 heterocycles. The summed E-state index contributed by atoms with van der Waals surface area (Å²) >= 11 is 17.2. The molecule has 4 aromatic rings. The average Bonchev–Trinajstić information content (AvgIpc) is 3.19. The third kappa shape index (κ3) is 6.11. The van der Waals surface area contributed by atoms with E-state index in [2.05, 4.69) is 15.9 Å². The maximum atomic E-state index is 13.6. The normalized spacial score (nSPS) is 15.5. The Bertz CT molecular complexity index is 1510. The van der Waals surface area contributed by atoms with Crippen molar-refractivity contribution in [2.75, 3.05) is 4.90 Å². The fraction of sp³-hybridized carbons (Fsp3) is 0.0345. The molecular weight excluding hydrogens is 591 g/mol. The number of carbonyl (C=O) groups excluding carboxylic acids is 1. The van der Waals surface area contributed by atoms with E-state index in [0.717, 1.165) is 27.0 Å². The van der Waals surface area contributed by atoms with E-state index in [1.165, 1.54) is 11.8 Å². The van der Waals surface area contributed by atoms with Crippen LogP contribution in [0, 0.1) is 0 Å². The molecule has 1 aliphatic rings. The number of nitrogens with zero attached hydrogens (tertiary/aromatic N) is 2. The van der Waals surface area contributed by atoms with Gasteiger partial charge in [0.25, 0.3) is 5.91 Å². The zero-order valence-corrected chi connectivity index (χ0v) is 23.2. The van der Waals surface area contributed by atoms with Crippen molar-refractivity contribution in [3.63, 3.8) is 0 Å². The van der Waals surface area contributed by atoms with Crippen molar-refractivity contribution >= 4 is 79.4 Å². The molecule has 5 rings (SSSR count). The first-order valence-corrected chi connectivity index (χ1v) is 13.6. The lowest BCUT2D eigenvalue weighted by molar-refractivity contribution is -0.113. The first-order chi connectivity index (χ1) is 18.0. The Morgan fingerprint density at radius 1 is 0.919 bits per heavy atom. The standard InChI is InChI=1S/C29H19BrCl2N2O2S/c30-21-12-14-26(36-18-19-11-13-22(31)17-25(19)32)20(15-21)16-27-28(35)34(24-9-5-2-6-10-24)29(37-27)33-23-7-3-1-4-8-23/h1-17H,18H2/b27-16-,33-29?. The van der Waals surface area contributed by atoms with Crippen LogP contribution in [0.3, 0.4) is 0 Å². The SMILES string of the molecule is O=C1/C(=C/c2cc(Br)ccc2OCc2ccc(Cl)cc2Cl)SC(=Nc2ccccc2)N1c1ccccc1. The van der Waals surface area contributed by atoms with Gasteiger partial charge in [0, 0.05) is 25.6 Å². The van der Waals surface area contributed by atoms with Gasteiger partial charge in [0.1, 0.15) is 12.4 Å². The summed E-state index contributed by atoms with van der Waals surface area (Å²) in [4.78, 5) is 20.6. The predicted molar refractivity (Wildman–Crippen MR) is 158 cm³/mol. The van der Waals surface area contributed by atoms with Crippen LogP contribution in [-0.2, 0) is 11.4 Å². The van der Waals surface area contributed by atoms with Gasteiger partial charge in [0.05, 0.1) is 16.3 Å². The second kappa shape index (κ2) is 11.6. The minimum atomic E-state index is -0.155. The molecule has 0 radical (unpaired) electrons. The summed E-state index contributed by atoms with van der Waals surface area (Å²) in [6.45, 7) is 0.256. The van der Waals surface area contributed by atoms with Crippen molar-refractivity contribution < 1.29 is 9.53 Å². The van der Waals surface area contributed by atoms with Gasteiger partial charge in [0.2, 0.25) is 0 Å². The van der Waals surface area contributed by atoms with Crippen LogP contribution in [0.2, 0.25) is 10.0 Å². The van der Waals surface area contributed by atoms with Crippen molar-refractivity contribution in [2.45, 2.75) is 6.61 Å².